The molecule has 3 heteroatoms. The smallest absolute Gasteiger partial charge is 0.125 e. The molecular weight excluding hydrogens is 299 g/mol. The van der Waals surface area contributed by atoms with Crippen LogP contribution in [0.2, 0.25) is 0 Å². The Hall–Kier alpha value is -2.94. The molecule has 24 heavy (non-hydrogen) atoms. The standard InChI is InChI=1S/C21H17FN2/c22-18-12-7-13-19(14-18)24-21(17-10-5-2-6-11-17)15-20(23-24)16-8-3-1-4-9-16/h1-14,21H,15H2/t21-/m0/s1. The highest BCUT2D eigenvalue weighted by Gasteiger charge is 2.29. The van der Waals surface area contributed by atoms with Crippen LogP contribution in [0.4, 0.5) is 10.1 Å². The van der Waals surface area contributed by atoms with E-state index in [-0.39, 0.29) is 11.9 Å². The van der Waals surface area contributed by atoms with Gasteiger partial charge in [-0.25, -0.2) is 4.39 Å². The molecular formula is C21H17FN2. The van der Waals surface area contributed by atoms with Gasteiger partial charge >= 0.3 is 0 Å². The van der Waals surface area contributed by atoms with E-state index in [1.165, 1.54) is 17.7 Å². The van der Waals surface area contributed by atoms with E-state index in [2.05, 4.69) is 24.3 Å². The third kappa shape index (κ3) is 2.81. The quantitative estimate of drug-likeness (QED) is 0.650. The number of hydrogen-bond donors (Lipinski definition) is 0. The molecule has 0 N–H and O–H groups in total. The Morgan fingerprint density at radius 2 is 1.54 bits per heavy atom. The van der Waals surface area contributed by atoms with Gasteiger partial charge in [-0.2, -0.15) is 5.10 Å². The molecule has 0 fully saturated rings. The minimum atomic E-state index is -0.248. The molecule has 0 spiro atoms. The summed E-state index contributed by atoms with van der Waals surface area (Å²) in [4.78, 5) is 0. The summed E-state index contributed by atoms with van der Waals surface area (Å²) in [7, 11) is 0. The average Bonchev–Trinajstić information content (AvgIpc) is 3.09. The number of hydrogen-bond acceptors (Lipinski definition) is 2. The number of halogens is 1. The van der Waals surface area contributed by atoms with Gasteiger partial charge in [-0.1, -0.05) is 66.7 Å². The highest BCUT2D eigenvalue weighted by Crippen LogP contribution is 2.36. The van der Waals surface area contributed by atoms with E-state index in [0.29, 0.717) is 0 Å². The van der Waals surface area contributed by atoms with Gasteiger partial charge in [0, 0.05) is 6.42 Å². The fourth-order valence-electron chi connectivity index (χ4n) is 3.11. The van der Waals surface area contributed by atoms with Crippen molar-refractivity contribution in [2.45, 2.75) is 12.5 Å². The molecule has 0 saturated heterocycles. The normalized spacial score (nSPS) is 17.0. The summed E-state index contributed by atoms with van der Waals surface area (Å²) in [6.45, 7) is 0. The molecule has 1 atom stereocenters. The third-order valence-corrected chi connectivity index (χ3v) is 4.27. The first-order valence-corrected chi connectivity index (χ1v) is 8.04. The van der Waals surface area contributed by atoms with Gasteiger partial charge in [-0.05, 0) is 29.3 Å². The molecule has 118 valence electrons. The van der Waals surface area contributed by atoms with Crippen molar-refractivity contribution in [2.24, 2.45) is 5.10 Å². The van der Waals surface area contributed by atoms with E-state index in [9.17, 15) is 4.39 Å². The van der Waals surface area contributed by atoms with Gasteiger partial charge in [0.05, 0.1) is 17.4 Å². The monoisotopic (exact) mass is 316 g/mol. The van der Waals surface area contributed by atoms with Crippen molar-refractivity contribution in [1.82, 2.24) is 0 Å². The Labute approximate surface area is 140 Å². The zero-order valence-corrected chi connectivity index (χ0v) is 13.1. The molecule has 0 aliphatic carbocycles. The minimum Gasteiger partial charge on any atom is -0.257 e. The molecule has 0 amide bonds. The van der Waals surface area contributed by atoms with Crippen LogP contribution in [0, 0.1) is 5.82 Å². The van der Waals surface area contributed by atoms with Gasteiger partial charge in [0.15, 0.2) is 0 Å². The van der Waals surface area contributed by atoms with E-state index in [0.717, 1.165) is 23.4 Å². The topological polar surface area (TPSA) is 15.6 Å². The summed E-state index contributed by atoms with van der Waals surface area (Å²) in [5.41, 5.74) is 4.08. The second kappa shape index (κ2) is 6.28. The summed E-state index contributed by atoms with van der Waals surface area (Å²) in [5.74, 6) is -0.248. The molecule has 1 heterocycles. The predicted molar refractivity (Wildman–Crippen MR) is 95.7 cm³/mol. The zero-order chi connectivity index (χ0) is 16.4. The Kier molecular flexibility index (Phi) is 3.83. The van der Waals surface area contributed by atoms with Gasteiger partial charge < -0.3 is 0 Å². The summed E-state index contributed by atoms with van der Waals surface area (Å²) in [5, 5.41) is 6.74. The van der Waals surface area contributed by atoms with Crippen molar-refractivity contribution < 1.29 is 4.39 Å². The molecule has 4 rings (SSSR count). The fourth-order valence-corrected chi connectivity index (χ4v) is 3.11. The SMILES string of the molecule is Fc1cccc(N2N=C(c3ccccc3)C[C@H]2c2ccccc2)c1. The maximum atomic E-state index is 13.7. The van der Waals surface area contributed by atoms with Gasteiger partial charge in [-0.3, -0.25) is 5.01 Å². The Bertz CT molecular complexity index is 859. The lowest BCUT2D eigenvalue weighted by Crippen LogP contribution is -2.18. The highest BCUT2D eigenvalue weighted by atomic mass is 19.1. The lowest BCUT2D eigenvalue weighted by atomic mass is 9.98. The lowest BCUT2D eigenvalue weighted by Gasteiger charge is -2.24. The van der Waals surface area contributed by atoms with Crippen molar-refractivity contribution >= 4 is 11.4 Å². The van der Waals surface area contributed by atoms with Gasteiger partial charge in [0.1, 0.15) is 5.82 Å². The number of nitrogens with zero attached hydrogens (tertiary/aromatic N) is 2. The maximum Gasteiger partial charge on any atom is 0.125 e. The van der Waals surface area contributed by atoms with E-state index in [1.807, 2.05) is 47.5 Å². The van der Waals surface area contributed by atoms with Gasteiger partial charge in [-0.15, -0.1) is 0 Å². The molecule has 1 aliphatic heterocycles. The number of hydrazone groups is 1. The number of anilines is 1. The first-order chi connectivity index (χ1) is 11.8. The Morgan fingerprint density at radius 3 is 2.25 bits per heavy atom. The van der Waals surface area contributed by atoms with Crippen LogP contribution in [-0.4, -0.2) is 5.71 Å². The number of rotatable bonds is 3. The van der Waals surface area contributed by atoms with Crippen molar-refractivity contribution in [3.63, 3.8) is 0 Å². The van der Waals surface area contributed by atoms with Crippen LogP contribution >= 0.6 is 0 Å². The molecule has 0 aromatic heterocycles. The van der Waals surface area contributed by atoms with Crippen LogP contribution in [0.5, 0.6) is 0 Å². The summed E-state index contributed by atoms with van der Waals surface area (Å²) < 4.78 is 13.7. The summed E-state index contributed by atoms with van der Waals surface area (Å²) in [6.07, 6.45) is 0.796. The van der Waals surface area contributed by atoms with Crippen molar-refractivity contribution in [1.29, 1.82) is 0 Å². The molecule has 2 nitrogen and oxygen atoms in total. The zero-order valence-electron chi connectivity index (χ0n) is 13.1. The van der Waals surface area contributed by atoms with Crippen LogP contribution < -0.4 is 5.01 Å². The highest BCUT2D eigenvalue weighted by molar-refractivity contribution is 6.03. The van der Waals surface area contributed by atoms with Crippen LogP contribution in [0.25, 0.3) is 0 Å². The minimum absolute atomic E-state index is 0.0724. The lowest BCUT2D eigenvalue weighted by molar-refractivity contribution is 0.624. The van der Waals surface area contributed by atoms with Gasteiger partial charge in [0.25, 0.3) is 0 Å². The third-order valence-electron chi connectivity index (χ3n) is 4.27. The van der Waals surface area contributed by atoms with E-state index >= 15 is 0 Å². The van der Waals surface area contributed by atoms with Gasteiger partial charge in [0.2, 0.25) is 0 Å². The maximum absolute atomic E-state index is 13.7. The Balaban J connectivity index is 1.77. The van der Waals surface area contributed by atoms with E-state index in [1.54, 1.807) is 6.07 Å². The average molecular weight is 316 g/mol. The Morgan fingerprint density at radius 1 is 0.833 bits per heavy atom. The molecule has 0 bridgehead atoms. The fraction of sp³-hybridized carbons (Fsp3) is 0.0952. The second-order valence-electron chi connectivity index (χ2n) is 5.87. The molecule has 0 radical (unpaired) electrons. The first-order valence-electron chi connectivity index (χ1n) is 8.04. The summed E-state index contributed by atoms with van der Waals surface area (Å²) in [6, 6.07) is 27.1. The number of benzene rings is 3. The van der Waals surface area contributed by atoms with E-state index in [4.69, 9.17) is 5.10 Å². The van der Waals surface area contributed by atoms with Crippen molar-refractivity contribution in [3.8, 4) is 0 Å². The van der Waals surface area contributed by atoms with Crippen molar-refractivity contribution in [3.05, 3.63) is 102 Å². The van der Waals surface area contributed by atoms with Crippen LogP contribution in [0.15, 0.2) is 90.0 Å². The van der Waals surface area contributed by atoms with Crippen LogP contribution in [-0.2, 0) is 0 Å². The second-order valence-corrected chi connectivity index (χ2v) is 5.87. The van der Waals surface area contributed by atoms with E-state index < -0.39 is 0 Å². The predicted octanol–water partition coefficient (Wildman–Crippen LogP) is 5.18. The van der Waals surface area contributed by atoms with Crippen molar-refractivity contribution in [2.75, 3.05) is 5.01 Å². The van der Waals surface area contributed by atoms with Crippen LogP contribution in [0.1, 0.15) is 23.6 Å². The molecule has 0 saturated carbocycles. The molecule has 1 aliphatic rings. The van der Waals surface area contributed by atoms with Crippen LogP contribution in [0.3, 0.4) is 0 Å². The molecule has 0 unspecified atom stereocenters. The molecule has 3 aromatic rings. The molecule has 3 aromatic carbocycles. The largest absolute Gasteiger partial charge is 0.257 e. The first kappa shape index (κ1) is 14.6. The summed E-state index contributed by atoms with van der Waals surface area (Å²) >= 11 is 0.